The van der Waals surface area contributed by atoms with Crippen LogP contribution >= 0.6 is 0 Å². The molecule has 2 heterocycles. The van der Waals surface area contributed by atoms with Crippen LogP contribution in [0.4, 0.5) is 0 Å². The lowest BCUT2D eigenvalue weighted by molar-refractivity contribution is -0.122. The van der Waals surface area contributed by atoms with Crippen LogP contribution in [0, 0.1) is 12.8 Å². The van der Waals surface area contributed by atoms with Crippen LogP contribution in [0.3, 0.4) is 0 Å². The van der Waals surface area contributed by atoms with Crippen molar-refractivity contribution in [2.75, 3.05) is 0 Å². The van der Waals surface area contributed by atoms with Crippen molar-refractivity contribution in [2.45, 2.75) is 39.7 Å². The minimum absolute atomic E-state index is 0.0233. The second-order valence-corrected chi connectivity index (χ2v) is 5.57. The van der Waals surface area contributed by atoms with E-state index in [1.165, 1.54) is 0 Å². The van der Waals surface area contributed by atoms with Crippen molar-refractivity contribution < 1.29 is 9.21 Å². The molecular weight excluding hydrogens is 264 g/mol. The van der Waals surface area contributed by atoms with Crippen LogP contribution in [-0.4, -0.2) is 10.9 Å². The van der Waals surface area contributed by atoms with Crippen LogP contribution in [0.15, 0.2) is 41.1 Å². The maximum absolute atomic E-state index is 12.2. The first-order chi connectivity index (χ1) is 10.1. The van der Waals surface area contributed by atoms with Gasteiger partial charge in [-0.2, -0.15) is 0 Å². The Morgan fingerprint density at radius 2 is 2.14 bits per heavy atom. The van der Waals surface area contributed by atoms with E-state index in [0.717, 1.165) is 17.0 Å². The van der Waals surface area contributed by atoms with Crippen molar-refractivity contribution >= 4 is 5.91 Å². The maximum atomic E-state index is 12.2. The smallest absolute Gasteiger partial charge is 0.220 e. The topological polar surface area (TPSA) is 55.1 Å². The highest BCUT2D eigenvalue weighted by atomic mass is 16.3. The largest absolute Gasteiger partial charge is 0.469 e. The molecule has 0 saturated heterocycles. The molecule has 1 unspecified atom stereocenters. The van der Waals surface area contributed by atoms with Crippen molar-refractivity contribution in [3.63, 3.8) is 0 Å². The number of nitrogens with one attached hydrogen (secondary N) is 1. The number of furan rings is 1. The zero-order chi connectivity index (χ0) is 15.2. The minimum Gasteiger partial charge on any atom is -0.469 e. The van der Waals surface area contributed by atoms with Gasteiger partial charge in [0.15, 0.2) is 0 Å². The molecule has 1 amide bonds. The van der Waals surface area contributed by atoms with Gasteiger partial charge in [0.2, 0.25) is 5.91 Å². The van der Waals surface area contributed by atoms with E-state index in [1.807, 2.05) is 31.2 Å². The quantitative estimate of drug-likeness (QED) is 0.885. The minimum atomic E-state index is -0.0599. The molecule has 112 valence electrons. The first-order valence-electron chi connectivity index (χ1n) is 7.31. The lowest BCUT2D eigenvalue weighted by Gasteiger charge is -2.23. The van der Waals surface area contributed by atoms with E-state index in [0.29, 0.717) is 12.8 Å². The lowest BCUT2D eigenvalue weighted by atomic mass is 9.97. The third-order valence-electron chi connectivity index (χ3n) is 3.51. The fraction of sp³-hybridized carbons (Fsp3) is 0.412. The van der Waals surface area contributed by atoms with Gasteiger partial charge in [0, 0.05) is 19.0 Å². The zero-order valence-corrected chi connectivity index (χ0v) is 12.8. The van der Waals surface area contributed by atoms with Gasteiger partial charge in [-0.1, -0.05) is 19.9 Å². The Labute approximate surface area is 125 Å². The molecule has 0 aliphatic heterocycles. The van der Waals surface area contributed by atoms with Crippen LogP contribution in [0.5, 0.6) is 0 Å². The Hall–Kier alpha value is -2.10. The Kier molecular flexibility index (Phi) is 5.14. The standard InChI is InChI=1S/C17H22N2O2/c1-12(2)16(17-13(3)6-4-10-18-17)19-15(20)9-8-14-7-5-11-21-14/h4-7,10-12,16H,8-9H2,1-3H3,(H,19,20). The van der Waals surface area contributed by atoms with Crippen LogP contribution in [0.2, 0.25) is 0 Å². The molecule has 0 aromatic carbocycles. The number of hydrogen-bond donors (Lipinski definition) is 1. The second kappa shape index (κ2) is 7.07. The van der Waals surface area contributed by atoms with Gasteiger partial charge in [0.25, 0.3) is 0 Å². The van der Waals surface area contributed by atoms with Gasteiger partial charge in [-0.3, -0.25) is 9.78 Å². The number of aromatic nitrogens is 1. The molecule has 0 saturated carbocycles. The molecular formula is C17H22N2O2. The molecule has 0 radical (unpaired) electrons. The van der Waals surface area contributed by atoms with Crippen molar-refractivity contribution in [3.8, 4) is 0 Å². The molecule has 2 aromatic heterocycles. The molecule has 0 aliphatic rings. The molecule has 1 atom stereocenters. The Morgan fingerprint density at radius 1 is 1.33 bits per heavy atom. The fourth-order valence-corrected chi connectivity index (χ4v) is 2.31. The molecule has 0 aliphatic carbocycles. The lowest BCUT2D eigenvalue weighted by Crippen LogP contribution is -2.33. The summed E-state index contributed by atoms with van der Waals surface area (Å²) in [6.07, 6.45) is 4.43. The average molecular weight is 286 g/mol. The summed E-state index contributed by atoms with van der Waals surface area (Å²) in [6.45, 7) is 6.20. The number of hydrogen-bond acceptors (Lipinski definition) is 3. The van der Waals surface area contributed by atoms with Gasteiger partial charge >= 0.3 is 0 Å². The van der Waals surface area contributed by atoms with Gasteiger partial charge in [0.05, 0.1) is 18.0 Å². The molecule has 21 heavy (non-hydrogen) atoms. The third-order valence-corrected chi connectivity index (χ3v) is 3.51. The molecule has 0 fully saturated rings. The number of carbonyl (C=O) groups excluding carboxylic acids is 1. The zero-order valence-electron chi connectivity index (χ0n) is 12.8. The summed E-state index contributed by atoms with van der Waals surface area (Å²) in [4.78, 5) is 16.6. The van der Waals surface area contributed by atoms with Gasteiger partial charge in [-0.15, -0.1) is 0 Å². The van der Waals surface area contributed by atoms with E-state index in [9.17, 15) is 4.79 Å². The SMILES string of the molecule is Cc1cccnc1C(NC(=O)CCc1ccco1)C(C)C. The molecule has 1 N–H and O–H groups in total. The highest BCUT2D eigenvalue weighted by Crippen LogP contribution is 2.22. The average Bonchev–Trinajstić information content (AvgIpc) is 2.96. The predicted molar refractivity (Wildman–Crippen MR) is 81.7 cm³/mol. The van der Waals surface area contributed by atoms with Gasteiger partial charge in [-0.05, 0) is 36.6 Å². The summed E-state index contributed by atoms with van der Waals surface area (Å²) in [5.41, 5.74) is 2.04. The highest BCUT2D eigenvalue weighted by Gasteiger charge is 2.21. The summed E-state index contributed by atoms with van der Waals surface area (Å²) in [7, 11) is 0. The van der Waals surface area contributed by atoms with E-state index in [2.05, 4.69) is 24.1 Å². The Bertz CT molecular complexity index is 576. The fourth-order valence-electron chi connectivity index (χ4n) is 2.31. The second-order valence-electron chi connectivity index (χ2n) is 5.57. The number of carbonyl (C=O) groups is 1. The maximum Gasteiger partial charge on any atom is 0.220 e. The summed E-state index contributed by atoms with van der Waals surface area (Å²) in [6, 6.07) is 7.59. The number of nitrogens with zero attached hydrogens (tertiary/aromatic N) is 1. The van der Waals surface area contributed by atoms with Crippen LogP contribution in [0.1, 0.15) is 43.3 Å². The molecule has 4 heteroatoms. The molecule has 0 bridgehead atoms. The van der Waals surface area contributed by atoms with E-state index >= 15 is 0 Å². The summed E-state index contributed by atoms with van der Waals surface area (Å²) in [5.74, 6) is 1.14. The van der Waals surface area contributed by atoms with Gasteiger partial charge < -0.3 is 9.73 Å². The van der Waals surface area contributed by atoms with Crippen molar-refractivity contribution in [1.29, 1.82) is 0 Å². The summed E-state index contributed by atoms with van der Waals surface area (Å²) in [5, 5.41) is 3.09. The summed E-state index contributed by atoms with van der Waals surface area (Å²) < 4.78 is 5.25. The Balaban J connectivity index is 2.00. The van der Waals surface area contributed by atoms with Crippen molar-refractivity contribution in [2.24, 2.45) is 5.92 Å². The number of rotatable bonds is 6. The number of aryl methyl sites for hydroxylation is 2. The van der Waals surface area contributed by atoms with Gasteiger partial charge in [-0.25, -0.2) is 0 Å². The summed E-state index contributed by atoms with van der Waals surface area (Å²) >= 11 is 0. The van der Waals surface area contributed by atoms with Crippen LogP contribution < -0.4 is 5.32 Å². The monoisotopic (exact) mass is 286 g/mol. The van der Waals surface area contributed by atoms with E-state index < -0.39 is 0 Å². The molecule has 4 nitrogen and oxygen atoms in total. The molecule has 0 spiro atoms. The number of pyridine rings is 1. The first kappa shape index (κ1) is 15.3. The van der Waals surface area contributed by atoms with E-state index in [4.69, 9.17) is 4.42 Å². The van der Waals surface area contributed by atoms with E-state index in [1.54, 1.807) is 12.5 Å². The van der Waals surface area contributed by atoms with Crippen molar-refractivity contribution in [3.05, 3.63) is 53.7 Å². The first-order valence-corrected chi connectivity index (χ1v) is 7.31. The van der Waals surface area contributed by atoms with Crippen LogP contribution in [-0.2, 0) is 11.2 Å². The van der Waals surface area contributed by atoms with Crippen LogP contribution in [0.25, 0.3) is 0 Å². The van der Waals surface area contributed by atoms with Crippen molar-refractivity contribution in [1.82, 2.24) is 10.3 Å². The molecule has 2 aromatic rings. The molecule has 2 rings (SSSR count). The normalized spacial score (nSPS) is 12.4. The highest BCUT2D eigenvalue weighted by molar-refractivity contribution is 5.76. The number of amides is 1. The predicted octanol–water partition coefficient (Wildman–Crippen LogP) is 3.43. The third kappa shape index (κ3) is 4.18. The Morgan fingerprint density at radius 3 is 2.76 bits per heavy atom. The van der Waals surface area contributed by atoms with Gasteiger partial charge in [0.1, 0.15) is 5.76 Å². The van der Waals surface area contributed by atoms with E-state index in [-0.39, 0.29) is 17.9 Å².